The third-order valence-corrected chi connectivity index (χ3v) is 4.71. The van der Waals surface area contributed by atoms with Crippen molar-refractivity contribution >= 4 is 17.4 Å². The lowest BCUT2D eigenvalue weighted by atomic mass is 10.0. The van der Waals surface area contributed by atoms with Crippen LogP contribution in [0.15, 0.2) is 54.6 Å². The molecule has 1 saturated heterocycles. The molecule has 1 N–H and O–H groups in total. The predicted molar refractivity (Wildman–Crippen MR) is 106 cm³/mol. The molecule has 0 radical (unpaired) electrons. The maximum absolute atomic E-state index is 13.2. The highest BCUT2D eigenvalue weighted by Crippen LogP contribution is 2.27. The molecule has 27 heavy (non-hydrogen) atoms. The fourth-order valence-corrected chi connectivity index (χ4v) is 3.62. The van der Waals surface area contributed by atoms with Crippen LogP contribution < -0.4 is 5.32 Å². The van der Waals surface area contributed by atoms with Gasteiger partial charge >= 0.3 is 0 Å². The largest absolute Gasteiger partial charge is 0.373 e. The normalized spacial score (nSPS) is 21.4. The standard InChI is InChI=1S/C22H26N2O3/c1-15-13-24(14-16(2)27-15)21(18-8-5-4-6-9-18)22(26)23-20-11-7-10-19(12-20)17(3)25/h4-12,15-16,21H,13-14H2,1-3H3,(H,23,26). The molecule has 3 rings (SSSR count). The second kappa shape index (κ2) is 8.46. The van der Waals surface area contributed by atoms with E-state index in [2.05, 4.69) is 10.2 Å². The summed E-state index contributed by atoms with van der Waals surface area (Å²) >= 11 is 0. The van der Waals surface area contributed by atoms with Gasteiger partial charge in [0, 0.05) is 24.3 Å². The summed E-state index contributed by atoms with van der Waals surface area (Å²) in [5.41, 5.74) is 2.15. The number of hydrogen-bond acceptors (Lipinski definition) is 4. The van der Waals surface area contributed by atoms with Crippen LogP contribution in [0.5, 0.6) is 0 Å². The molecule has 2 aromatic carbocycles. The number of ketones is 1. The minimum Gasteiger partial charge on any atom is -0.373 e. The molecule has 5 heteroatoms. The molecule has 1 heterocycles. The van der Waals surface area contributed by atoms with Crippen LogP contribution in [0, 0.1) is 0 Å². The third kappa shape index (κ3) is 4.81. The Morgan fingerprint density at radius 3 is 2.33 bits per heavy atom. The Bertz CT molecular complexity index is 796. The molecular formula is C22H26N2O3. The van der Waals surface area contributed by atoms with Crippen molar-refractivity contribution in [1.29, 1.82) is 0 Å². The molecule has 0 aromatic heterocycles. The molecule has 0 aliphatic carbocycles. The van der Waals surface area contributed by atoms with Gasteiger partial charge in [-0.15, -0.1) is 0 Å². The lowest BCUT2D eigenvalue weighted by Gasteiger charge is -2.39. The van der Waals surface area contributed by atoms with Crippen molar-refractivity contribution < 1.29 is 14.3 Å². The number of rotatable bonds is 5. The van der Waals surface area contributed by atoms with Crippen LogP contribution in [-0.2, 0) is 9.53 Å². The molecule has 0 bridgehead atoms. The number of carbonyl (C=O) groups is 2. The van der Waals surface area contributed by atoms with E-state index in [1.54, 1.807) is 24.3 Å². The molecular weight excluding hydrogens is 340 g/mol. The van der Waals surface area contributed by atoms with Crippen molar-refractivity contribution in [2.24, 2.45) is 0 Å². The van der Waals surface area contributed by atoms with E-state index in [1.165, 1.54) is 6.92 Å². The van der Waals surface area contributed by atoms with Gasteiger partial charge in [-0.05, 0) is 38.5 Å². The van der Waals surface area contributed by atoms with Gasteiger partial charge in [-0.25, -0.2) is 0 Å². The van der Waals surface area contributed by atoms with Crippen molar-refractivity contribution in [2.45, 2.75) is 39.0 Å². The number of nitrogens with one attached hydrogen (secondary N) is 1. The predicted octanol–water partition coefficient (Wildman–Crippen LogP) is 3.68. The number of carbonyl (C=O) groups excluding carboxylic acids is 2. The van der Waals surface area contributed by atoms with Crippen molar-refractivity contribution in [3.05, 3.63) is 65.7 Å². The van der Waals surface area contributed by atoms with Crippen molar-refractivity contribution in [1.82, 2.24) is 4.90 Å². The maximum Gasteiger partial charge on any atom is 0.246 e. The van der Waals surface area contributed by atoms with E-state index in [1.807, 2.05) is 44.2 Å². The zero-order valence-corrected chi connectivity index (χ0v) is 16.0. The Labute approximate surface area is 160 Å². The Kier molecular flexibility index (Phi) is 6.04. The Balaban J connectivity index is 1.87. The van der Waals surface area contributed by atoms with Gasteiger partial charge in [-0.3, -0.25) is 14.5 Å². The number of anilines is 1. The molecule has 1 amide bonds. The van der Waals surface area contributed by atoms with Crippen LogP contribution in [0.25, 0.3) is 0 Å². The molecule has 5 nitrogen and oxygen atoms in total. The Morgan fingerprint density at radius 2 is 1.70 bits per heavy atom. The minimum absolute atomic E-state index is 0.0264. The average Bonchev–Trinajstić information content (AvgIpc) is 2.62. The molecule has 3 unspecified atom stereocenters. The van der Waals surface area contributed by atoms with Crippen LogP contribution in [0.3, 0.4) is 0 Å². The van der Waals surface area contributed by atoms with Crippen LogP contribution >= 0.6 is 0 Å². The zero-order valence-electron chi connectivity index (χ0n) is 16.0. The van der Waals surface area contributed by atoms with Gasteiger partial charge in [0.2, 0.25) is 5.91 Å². The molecule has 0 saturated carbocycles. The van der Waals surface area contributed by atoms with E-state index in [9.17, 15) is 9.59 Å². The summed E-state index contributed by atoms with van der Waals surface area (Å²) in [6, 6.07) is 16.4. The van der Waals surface area contributed by atoms with Gasteiger partial charge in [0.15, 0.2) is 5.78 Å². The first-order valence-corrected chi connectivity index (χ1v) is 9.30. The summed E-state index contributed by atoms with van der Waals surface area (Å²) in [6.45, 7) is 6.94. The second-order valence-electron chi connectivity index (χ2n) is 7.15. The summed E-state index contributed by atoms with van der Waals surface area (Å²) in [5.74, 6) is -0.135. The van der Waals surface area contributed by atoms with Gasteiger partial charge in [-0.2, -0.15) is 0 Å². The van der Waals surface area contributed by atoms with Crippen LogP contribution in [0.2, 0.25) is 0 Å². The third-order valence-electron chi connectivity index (χ3n) is 4.71. The van der Waals surface area contributed by atoms with Gasteiger partial charge in [0.05, 0.1) is 12.2 Å². The second-order valence-corrected chi connectivity index (χ2v) is 7.15. The fraction of sp³-hybridized carbons (Fsp3) is 0.364. The number of benzene rings is 2. The summed E-state index contributed by atoms with van der Waals surface area (Å²) < 4.78 is 5.83. The quantitative estimate of drug-likeness (QED) is 0.820. The first-order chi connectivity index (χ1) is 12.9. The Hall–Kier alpha value is -2.50. The van der Waals surface area contributed by atoms with E-state index < -0.39 is 6.04 Å². The fourth-order valence-electron chi connectivity index (χ4n) is 3.62. The highest BCUT2D eigenvalue weighted by atomic mass is 16.5. The van der Waals surface area contributed by atoms with Crippen molar-refractivity contribution in [3.63, 3.8) is 0 Å². The number of Topliss-reactive ketones (excluding diaryl/α,β-unsaturated/α-hetero) is 1. The summed E-state index contributed by atoms with van der Waals surface area (Å²) in [4.78, 5) is 27.0. The average molecular weight is 366 g/mol. The van der Waals surface area contributed by atoms with Gasteiger partial charge in [0.25, 0.3) is 0 Å². The van der Waals surface area contributed by atoms with E-state index in [-0.39, 0.29) is 23.9 Å². The lowest BCUT2D eigenvalue weighted by Crippen LogP contribution is -2.49. The van der Waals surface area contributed by atoms with Crippen LogP contribution in [-0.4, -0.2) is 41.9 Å². The molecule has 0 spiro atoms. The number of amides is 1. The van der Waals surface area contributed by atoms with Gasteiger partial charge < -0.3 is 10.1 Å². The number of nitrogens with zero attached hydrogens (tertiary/aromatic N) is 1. The maximum atomic E-state index is 13.2. The Morgan fingerprint density at radius 1 is 1.04 bits per heavy atom. The van der Waals surface area contributed by atoms with E-state index >= 15 is 0 Å². The SMILES string of the molecule is CC(=O)c1cccc(NC(=O)C(c2ccccc2)N2CC(C)OC(C)C2)c1. The highest BCUT2D eigenvalue weighted by molar-refractivity contribution is 5.98. The topological polar surface area (TPSA) is 58.6 Å². The van der Waals surface area contributed by atoms with Crippen LogP contribution in [0.1, 0.15) is 42.7 Å². The zero-order chi connectivity index (χ0) is 19.4. The van der Waals surface area contributed by atoms with E-state index in [0.717, 1.165) is 5.56 Å². The van der Waals surface area contributed by atoms with Crippen LogP contribution in [0.4, 0.5) is 5.69 Å². The number of morpholine rings is 1. The van der Waals surface area contributed by atoms with Gasteiger partial charge in [0.1, 0.15) is 6.04 Å². The van der Waals surface area contributed by atoms with Crippen molar-refractivity contribution in [2.75, 3.05) is 18.4 Å². The first kappa shape index (κ1) is 19.3. The first-order valence-electron chi connectivity index (χ1n) is 9.30. The molecule has 2 aromatic rings. The molecule has 1 aliphatic heterocycles. The monoisotopic (exact) mass is 366 g/mol. The number of ether oxygens (including phenoxy) is 1. The molecule has 1 aliphatic rings. The minimum atomic E-state index is -0.416. The van der Waals surface area contributed by atoms with E-state index in [4.69, 9.17) is 4.74 Å². The highest BCUT2D eigenvalue weighted by Gasteiger charge is 2.33. The summed E-state index contributed by atoms with van der Waals surface area (Å²) in [6.07, 6.45) is 0.127. The smallest absolute Gasteiger partial charge is 0.246 e. The number of hydrogen-bond donors (Lipinski definition) is 1. The summed E-state index contributed by atoms with van der Waals surface area (Å²) in [7, 11) is 0. The summed E-state index contributed by atoms with van der Waals surface area (Å²) in [5, 5.41) is 2.99. The molecule has 142 valence electrons. The lowest BCUT2D eigenvalue weighted by molar-refractivity contribution is -0.128. The van der Waals surface area contributed by atoms with E-state index in [0.29, 0.717) is 24.3 Å². The molecule has 1 fully saturated rings. The van der Waals surface area contributed by atoms with Crippen molar-refractivity contribution in [3.8, 4) is 0 Å². The van der Waals surface area contributed by atoms with Gasteiger partial charge in [-0.1, -0.05) is 42.5 Å². The molecule has 3 atom stereocenters.